The molecule has 1 N–H and O–H groups in total. The van der Waals surface area contributed by atoms with Crippen LogP contribution >= 0.6 is 0 Å². The SMILES string of the molecule is O=C(c1ccco1)c1c(C(F)(F)F)[n+]([O-])c2cc(F)c(N3CCNCC3)cc2[n+]1[O-]. The van der Waals surface area contributed by atoms with Gasteiger partial charge in [-0.25, -0.2) is 4.39 Å². The van der Waals surface area contributed by atoms with Gasteiger partial charge >= 0.3 is 17.6 Å². The van der Waals surface area contributed by atoms with Gasteiger partial charge in [-0.2, -0.15) is 13.2 Å². The lowest BCUT2D eigenvalue weighted by Crippen LogP contribution is -2.50. The van der Waals surface area contributed by atoms with Crippen molar-refractivity contribution < 1.29 is 36.2 Å². The molecular weight excluding hydrogens is 412 g/mol. The molecule has 0 saturated carbocycles. The van der Waals surface area contributed by atoms with E-state index in [1.807, 2.05) is 0 Å². The molecule has 1 saturated heterocycles. The quantitative estimate of drug-likeness (QED) is 0.295. The topological polar surface area (TPSA) is 99.4 Å². The number of furan rings is 1. The van der Waals surface area contributed by atoms with Crippen molar-refractivity contribution in [3.8, 4) is 0 Å². The summed E-state index contributed by atoms with van der Waals surface area (Å²) in [5.41, 5.74) is -4.95. The number of rotatable bonds is 3. The maximum atomic E-state index is 14.6. The molecule has 30 heavy (non-hydrogen) atoms. The molecule has 4 rings (SSSR count). The van der Waals surface area contributed by atoms with Gasteiger partial charge in [-0.1, -0.05) is 0 Å². The van der Waals surface area contributed by atoms with Gasteiger partial charge in [-0.15, -0.1) is 9.46 Å². The molecule has 8 nitrogen and oxygen atoms in total. The van der Waals surface area contributed by atoms with Gasteiger partial charge in [0.15, 0.2) is 11.6 Å². The summed E-state index contributed by atoms with van der Waals surface area (Å²) in [5.74, 6) is -2.91. The average Bonchev–Trinajstić information content (AvgIpc) is 3.24. The van der Waals surface area contributed by atoms with E-state index >= 15 is 0 Å². The third-order valence-electron chi connectivity index (χ3n) is 4.80. The summed E-state index contributed by atoms with van der Waals surface area (Å²) < 4.78 is 59.4. The van der Waals surface area contributed by atoms with Crippen LogP contribution in [0, 0.1) is 16.2 Å². The predicted molar refractivity (Wildman–Crippen MR) is 94.1 cm³/mol. The standard InChI is InChI=1S/C18H14F4N4O4/c19-10-8-12-13(9-11(10)24-5-3-23-4-6-24)25(28)15(16(27)14-2-1-7-30-14)17(26(12)29)18(20,21)22/h1-2,7-9,23H,3-6H2. The molecule has 0 bridgehead atoms. The summed E-state index contributed by atoms with van der Waals surface area (Å²) in [7, 11) is 0. The molecule has 1 fully saturated rings. The molecule has 0 atom stereocenters. The van der Waals surface area contributed by atoms with Crippen molar-refractivity contribution in [3.63, 3.8) is 0 Å². The van der Waals surface area contributed by atoms with Crippen molar-refractivity contribution in [2.75, 3.05) is 31.1 Å². The fraction of sp³-hybridized carbons (Fsp3) is 0.278. The number of alkyl halides is 3. The van der Waals surface area contributed by atoms with Crippen molar-refractivity contribution in [1.82, 2.24) is 5.32 Å². The molecule has 158 valence electrons. The number of carbonyl (C=O) groups excluding carboxylic acids is 1. The molecule has 3 heterocycles. The number of anilines is 1. The number of hydrogen-bond donors (Lipinski definition) is 1. The third-order valence-corrected chi connectivity index (χ3v) is 4.80. The third kappa shape index (κ3) is 3.18. The van der Waals surface area contributed by atoms with Crippen molar-refractivity contribution in [2.45, 2.75) is 6.18 Å². The summed E-state index contributed by atoms with van der Waals surface area (Å²) in [6.07, 6.45) is -4.31. The zero-order valence-electron chi connectivity index (χ0n) is 15.2. The highest BCUT2D eigenvalue weighted by Crippen LogP contribution is 2.32. The Morgan fingerprint density at radius 2 is 1.80 bits per heavy atom. The number of aromatic nitrogens is 2. The number of ketones is 1. The molecule has 0 amide bonds. The first-order chi connectivity index (χ1) is 14.2. The highest BCUT2D eigenvalue weighted by Gasteiger charge is 2.52. The van der Waals surface area contributed by atoms with Crippen LogP contribution in [0.3, 0.4) is 0 Å². The van der Waals surface area contributed by atoms with Crippen molar-refractivity contribution in [2.24, 2.45) is 0 Å². The van der Waals surface area contributed by atoms with Crippen LogP contribution in [0.1, 0.15) is 21.9 Å². The lowest BCUT2D eigenvalue weighted by Gasteiger charge is -2.29. The molecule has 2 aromatic heterocycles. The highest BCUT2D eigenvalue weighted by atomic mass is 19.4. The van der Waals surface area contributed by atoms with E-state index < -0.39 is 50.7 Å². The van der Waals surface area contributed by atoms with Crippen LogP contribution in [0.25, 0.3) is 11.0 Å². The Bertz CT molecular complexity index is 1130. The Kier molecular flexibility index (Phi) is 4.73. The van der Waals surface area contributed by atoms with Crippen LogP contribution in [0.2, 0.25) is 0 Å². The Morgan fingerprint density at radius 3 is 2.40 bits per heavy atom. The molecule has 0 radical (unpaired) electrons. The number of benzene rings is 1. The maximum Gasteiger partial charge on any atom is 0.486 e. The minimum absolute atomic E-state index is 0.0512. The Balaban J connectivity index is 2.02. The highest BCUT2D eigenvalue weighted by molar-refractivity contribution is 6.05. The Hall–Kier alpha value is -3.41. The predicted octanol–water partition coefficient (Wildman–Crippen LogP) is 1.50. The molecular formula is C18H14F4N4O4. The van der Waals surface area contributed by atoms with E-state index in [2.05, 4.69) is 5.32 Å². The molecule has 0 spiro atoms. The number of piperazine rings is 1. The molecule has 1 aliphatic heterocycles. The first kappa shape index (κ1) is 19.9. The van der Waals surface area contributed by atoms with Crippen LogP contribution in [0.5, 0.6) is 0 Å². The molecule has 0 unspecified atom stereocenters. The zero-order chi connectivity index (χ0) is 21.6. The summed E-state index contributed by atoms with van der Waals surface area (Å²) in [6, 6.07) is 3.87. The Morgan fingerprint density at radius 1 is 1.13 bits per heavy atom. The van der Waals surface area contributed by atoms with Gasteiger partial charge in [0.2, 0.25) is 0 Å². The fourth-order valence-corrected chi connectivity index (χ4v) is 3.42. The molecule has 1 aliphatic rings. The smallest absolute Gasteiger partial charge is 0.486 e. The van der Waals surface area contributed by atoms with Crippen LogP contribution < -0.4 is 19.7 Å². The molecule has 12 heteroatoms. The number of nitrogens with one attached hydrogen (secondary N) is 1. The van der Waals surface area contributed by atoms with Crippen molar-refractivity contribution in [3.05, 3.63) is 63.9 Å². The van der Waals surface area contributed by atoms with E-state index in [1.54, 1.807) is 4.90 Å². The van der Waals surface area contributed by atoms with E-state index in [1.165, 1.54) is 6.07 Å². The largest absolute Gasteiger partial charge is 0.618 e. The van der Waals surface area contributed by atoms with Crippen molar-refractivity contribution in [1.29, 1.82) is 0 Å². The second-order valence-corrected chi connectivity index (χ2v) is 6.62. The number of carbonyl (C=O) groups is 1. The minimum atomic E-state index is -5.35. The fourth-order valence-electron chi connectivity index (χ4n) is 3.42. The van der Waals surface area contributed by atoms with Gasteiger partial charge in [0.1, 0.15) is 0 Å². The van der Waals surface area contributed by atoms with Gasteiger partial charge in [-0.3, -0.25) is 4.79 Å². The number of fused-ring (bicyclic) bond motifs is 1. The van der Waals surface area contributed by atoms with E-state index in [0.717, 1.165) is 18.4 Å². The minimum Gasteiger partial charge on any atom is -0.618 e. The summed E-state index contributed by atoms with van der Waals surface area (Å²) >= 11 is 0. The summed E-state index contributed by atoms with van der Waals surface area (Å²) in [6.45, 7) is 1.84. The summed E-state index contributed by atoms with van der Waals surface area (Å²) in [4.78, 5) is 14.2. The van der Waals surface area contributed by atoms with E-state index in [0.29, 0.717) is 32.2 Å². The van der Waals surface area contributed by atoms with Crippen LogP contribution in [0.15, 0.2) is 34.9 Å². The Labute approximate surface area is 166 Å². The number of nitrogens with zero attached hydrogens (tertiary/aromatic N) is 3. The average molecular weight is 426 g/mol. The monoisotopic (exact) mass is 426 g/mol. The number of halogens is 4. The first-order valence-corrected chi connectivity index (χ1v) is 8.83. The van der Waals surface area contributed by atoms with E-state index in [-0.39, 0.29) is 10.4 Å². The van der Waals surface area contributed by atoms with Crippen LogP contribution in [0.4, 0.5) is 23.2 Å². The van der Waals surface area contributed by atoms with E-state index in [9.17, 15) is 32.8 Å². The van der Waals surface area contributed by atoms with Gasteiger partial charge in [-0.05, 0) is 12.1 Å². The number of hydrogen-bond acceptors (Lipinski definition) is 6. The molecule has 0 aliphatic carbocycles. The van der Waals surface area contributed by atoms with Gasteiger partial charge in [0.25, 0.3) is 16.8 Å². The second kappa shape index (κ2) is 7.13. The van der Waals surface area contributed by atoms with E-state index in [4.69, 9.17) is 4.42 Å². The van der Waals surface area contributed by atoms with Gasteiger partial charge in [0.05, 0.1) is 18.0 Å². The van der Waals surface area contributed by atoms with Crippen LogP contribution in [-0.4, -0.2) is 32.0 Å². The van der Waals surface area contributed by atoms with Gasteiger partial charge in [0, 0.05) is 32.2 Å². The van der Waals surface area contributed by atoms with Gasteiger partial charge < -0.3 is 25.0 Å². The second-order valence-electron chi connectivity index (χ2n) is 6.62. The summed E-state index contributed by atoms with van der Waals surface area (Å²) in [5, 5.41) is 28.5. The lowest BCUT2D eigenvalue weighted by molar-refractivity contribution is -0.647. The zero-order valence-corrected chi connectivity index (χ0v) is 15.2. The lowest BCUT2D eigenvalue weighted by atomic mass is 10.1. The normalized spacial score (nSPS) is 15.0. The first-order valence-electron chi connectivity index (χ1n) is 8.83. The van der Waals surface area contributed by atoms with Crippen molar-refractivity contribution >= 4 is 22.5 Å². The molecule has 3 aromatic rings. The molecule has 1 aromatic carbocycles. The van der Waals surface area contributed by atoms with Crippen LogP contribution in [-0.2, 0) is 6.18 Å². The maximum absolute atomic E-state index is 14.6.